The number of halogens is 2. The average molecular weight is 268 g/mol. The van der Waals surface area contributed by atoms with E-state index in [0.29, 0.717) is 0 Å². The molecule has 0 unspecified atom stereocenters. The minimum atomic E-state index is -0.573. The van der Waals surface area contributed by atoms with E-state index in [4.69, 9.17) is 21.1 Å². The van der Waals surface area contributed by atoms with Crippen LogP contribution in [-0.4, -0.2) is 12.1 Å². The summed E-state index contributed by atoms with van der Waals surface area (Å²) in [5.74, 6) is 0.126. The van der Waals surface area contributed by atoms with E-state index in [1.807, 2.05) is 24.3 Å². The van der Waals surface area contributed by atoms with Crippen LogP contribution in [0.1, 0.15) is 5.56 Å². The molecule has 0 aliphatic rings. The lowest BCUT2D eigenvalue weighted by Crippen LogP contribution is -1.99. The molecule has 0 saturated heterocycles. The lowest BCUT2D eigenvalue weighted by molar-refractivity contribution is 0.277. The molecule has 1 heterocycles. The van der Waals surface area contributed by atoms with Gasteiger partial charge >= 0.3 is 0 Å². The molecule has 2 rings (SSSR count). The molecule has 5 heteroatoms. The van der Waals surface area contributed by atoms with Crippen LogP contribution >= 0.6 is 11.6 Å². The molecule has 0 N–H and O–H groups in total. The lowest BCUT2D eigenvalue weighted by Gasteiger charge is -2.07. The maximum atomic E-state index is 13.4. The average Bonchev–Trinajstić information content (AvgIpc) is 2.38. The predicted octanol–water partition coefficient (Wildman–Crippen LogP) is 3.46. The van der Waals surface area contributed by atoms with Crippen LogP contribution in [0.3, 0.4) is 0 Å². The Bertz CT molecular complexity index is 531. The van der Waals surface area contributed by atoms with E-state index in [-0.39, 0.29) is 17.5 Å². The van der Waals surface area contributed by atoms with Crippen molar-refractivity contribution in [2.24, 2.45) is 0 Å². The van der Waals surface area contributed by atoms with Crippen LogP contribution in [0.15, 0.2) is 36.5 Å². The van der Waals surface area contributed by atoms with Gasteiger partial charge in [0.2, 0.25) is 0 Å². The number of ether oxygens (including phenoxy) is 2. The maximum absolute atomic E-state index is 13.4. The summed E-state index contributed by atoms with van der Waals surface area (Å²) in [6, 6.07) is 8.46. The molecule has 1 aromatic carbocycles. The van der Waals surface area contributed by atoms with Gasteiger partial charge in [-0.25, -0.2) is 9.37 Å². The molecule has 0 spiro atoms. The zero-order chi connectivity index (χ0) is 13.0. The van der Waals surface area contributed by atoms with E-state index in [9.17, 15) is 4.39 Å². The quantitative estimate of drug-likeness (QED) is 0.850. The monoisotopic (exact) mass is 267 g/mol. The van der Waals surface area contributed by atoms with Gasteiger partial charge < -0.3 is 9.47 Å². The largest absolute Gasteiger partial charge is 0.497 e. The fourth-order valence-electron chi connectivity index (χ4n) is 1.38. The van der Waals surface area contributed by atoms with Gasteiger partial charge in [0.05, 0.1) is 12.1 Å². The van der Waals surface area contributed by atoms with Crippen LogP contribution in [0, 0.1) is 5.82 Å². The molecular weight excluding hydrogens is 257 g/mol. The number of rotatable bonds is 4. The minimum Gasteiger partial charge on any atom is -0.497 e. The number of methoxy groups -OCH3 is 1. The van der Waals surface area contributed by atoms with Crippen molar-refractivity contribution in [1.29, 1.82) is 0 Å². The van der Waals surface area contributed by atoms with Crippen molar-refractivity contribution in [3.05, 3.63) is 52.9 Å². The van der Waals surface area contributed by atoms with Crippen molar-refractivity contribution in [1.82, 2.24) is 4.98 Å². The molecule has 2 aromatic rings. The summed E-state index contributed by atoms with van der Waals surface area (Å²) in [7, 11) is 1.60. The first-order valence-corrected chi connectivity index (χ1v) is 5.63. The Hall–Kier alpha value is -1.81. The summed E-state index contributed by atoms with van der Waals surface area (Å²) < 4.78 is 23.7. The molecule has 18 heavy (non-hydrogen) atoms. The Labute approximate surface area is 109 Å². The van der Waals surface area contributed by atoms with Crippen molar-refractivity contribution in [2.45, 2.75) is 6.61 Å². The summed E-state index contributed by atoms with van der Waals surface area (Å²) in [6.45, 7) is 0.232. The van der Waals surface area contributed by atoms with Gasteiger partial charge in [-0.15, -0.1) is 0 Å². The molecule has 94 valence electrons. The highest BCUT2D eigenvalue weighted by Crippen LogP contribution is 2.19. The normalized spacial score (nSPS) is 10.2. The van der Waals surface area contributed by atoms with E-state index in [1.54, 1.807) is 7.11 Å². The second-order valence-electron chi connectivity index (χ2n) is 3.58. The Morgan fingerprint density at radius 3 is 2.61 bits per heavy atom. The molecule has 0 aliphatic heterocycles. The van der Waals surface area contributed by atoms with Gasteiger partial charge in [0, 0.05) is 6.20 Å². The number of benzene rings is 1. The summed E-state index contributed by atoms with van der Waals surface area (Å²) in [4.78, 5) is 3.77. The van der Waals surface area contributed by atoms with Gasteiger partial charge in [-0.1, -0.05) is 23.7 Å². The van der Waals surface area contributed by atoms with Gasteiger partial charge in [-0.05, 0) is 23.8 Å². The third kappa shape index (κ3) is 3.11. The first kappa shape index (κ1) is 12.6. The second-order valence-corrected chi connectivity index (χ2v) is 4.01. The van der Waals surface area contributed by atoms with Crippen LogP contribution in [0.4, 0.5) is 4.39 Å². The van der Waals surface area contributed by atoms with Gasteiger partial charge in [0.15, 0.2) is 5.82 Å². The summed E-state index contributed by atoms with van der Waals surface area (Å²) >= 11 is 5.60. The molecule has 0 amide bonds. The maximum Gasteiger partial charge on any atom is 0.250 e. The highest BCUT2D eigenvalue weighted by atomic mass is 35.5. The highest BCUT2D eigenvalue weighted by Gasteiger charge is 2.06. The molecule has 0 saturated carbocycles. The van der Waals surface area contributed by atoms with Crippen molar-refractivity contribution in [3.63, 3.8) is 0 Å². The third-order valence-corrected chi connectivity index (χ3v) is 2.52. The van der Waals surface area contributed by atoms with E-state index in [2.05, 4.69) is 4.98 Å². The third-order valence-electron chi connectivity index (χ3n) is 2.31. The van der Waals surface area contributed by atoms with Crippen molar-refractivity contribution in [2.75, 3.05) is 7.11 Å². The number of pyridine rings is 1. The fourth-order valence-corrected chi connectivity index (χ4v) is 1.53. The van der Waals surface area contributed by atoms with Crippen LogP contribution in [0.5, 0.6) is 11.6 Å². The summed E-state index contributed by atoms with van der Waals surface area (Å²) in [6.07, 6.45) is 1.34. The molecule has 0 fully saturated rings. The van der Waals surface area contributed by atoms with E-state index in [1.165, 1.54) is 6.20 Å². The Morgan fingerprint density at radius 2 is 2.00 bits per heavy atom. The van der Waals surface area contributed by atoms with E-state index >= 15 is 0 Å². The summed E-state index contributed by atoms with van der Waals surface area (Å²) in [5.41, 5.74) is 0.895. The highest BCUT2D eigenvalue weighted by molar-refractivity contribution is 6.30. The molecule has 0 radical (unpaired) electrons. The molecule has 0 aliphatic carbocycles. The Kier molecular flexibility index (Phi) is 3.99. The number of hydrogen-bond donors (Lipinski definition) is 0. The minimum absolute atomic E-state index is 0.0600. The van der Waals surface area contributed by atoms with Gasteiger partial charge in [0.1, 0.15) is 12.4 Å². The summed E-state index contributed by atoms with van der Waals surface area (Å²) in [5, 5.41) is 0.240. The van der Waals surface area contributed by atoms with Gasteiger partial charge in [-0.3, -0.25) is 0 Å². The zero-order valence-corrected chi connectivity index (χ0v) is 10.4. The standard InChI is InChI=1S/C13H11ClFNO2/c1-17-11-4-2-9(3-5-11)8-18-13-12(15)6-10(14)7-16-13/h2-7H,8H2,1H3. The van der Waals surface area contributed by atoms with Gasteiger partial charge in [-0.2, -0.15) is 0 Å². The van der Waals surface area contributed by atoms with Crippen LogP contribution in [0.25, 0.3) is 0 Å². The van der Waals surface area contributed by atoms with Crippen LogP contribution in [-0.2, 0) is 6.61 Å². The lowest BCUT2D eigenvalue weighted by atomic mass is 10.2. The van der Waals surface area contributed by atoms with Crippen molar-refractivity contribution >= 4 is 11.6 Å². The first-order chi connectivity index (χ1) is 8.69. The molecular formula is C13H11ClFNO2. The zero-order valence-electron chi connectivity index (χ0n) is 9.69. The first-order valence-electron chi connectivity index (χ1n) is 5.26. The second kappa shape index (κ2) is 5.69. The SMILES string of the molecule is COc1ccc(COc2ncc(Cl)cc2F)cc1. The predicted molar refractivity (Wildman–Crippen MR) is 66.5 cm³/mol. The van der Waals surface area contributed by atoms with Crippen LogP contribution < -0.4 is 9.47 Å². The van der Waals surface area contributed by atoms with Crippen LogP contribution in [0.2, 0.25) is 5.02 Å². The van der Waals surface area contributed by atoms with Crippen molar-refractivity contribution < 1.29 is 13.9 Å². The van der Waals surface area contributed by atoms with E-state index in [0.717, 1.165) is 17.4 Å². The van der Waals surface area contributed by atoms with Crippen molar-refractivity contribution in [3.8, 4) is 11.6 Å². The smallest absolute Gasteiger partial charge is 0.250 e. The Balaban J connectivity index is 2.02. The molecule has 1 aromatic heterocycles. The number of hydrogen-bond acceptors (Lipinski definition) is 3. The topological polar surface area (TPSA) is 31.4 Å². The van der Waals surface area contributed by atoms with E-state index < -0.39 is 5.82 Å². The molecule has 3 nitrogen and oxygen atoms in total. The number of aromatic nitrogens is 1. The fraction of sp³-hybridized carbons (Fsp3) is 0.154. The Morgan fingerprint density at radius 1 is 1.28 bits per heavy atom. The van der Waals surface area contributed by atoms with Gasteiger partial charge in [0.25, 0.3) is 5.88 Å². The number of nitrogens with zero attached hydrogens (tertiary/aromatic N) is 1. The molecule has 0 atom stereocenters. The molecule has 0 bridgehead atoms.